The zero-order valence-electron chi connectivity index (χ0n) is 10.4. The first-order valence-corrected chi connectivity index (χ1v) is 5.84. The largest absolute Gasteiger partial charge is 0.495 e. The molecule has 0 aliphatic heterocycles. The number of nitrogens with one attached hydrogen (secondary N) is 1. The second-order valence-electron chi connectivity index (χ2n) is 3.92. The Labute approximate surface area is 110 Å². The Bertz CT molecular complexity index is 709. The lowest BCUT2D eigenvalue weighted by Crippen LogP contribution is -1.98. The van der Waals surface area contributed by atoms with Gasteiger partial charge >= 0.3 is 0 Å². The van der Waals surface area contributed by atoms with E-state index in [4.69, 9.17) is 4.74 Å². The molecule has 0 atom stereocenters. The van der Waals surface area contributed by atoms with Gasteiger partial charge in [0.2, 0.25) is 0 Å². The van der Waals surface area contributed by atoms with Gasteiger partial charge in [0.1, 0.15) is 17.9 Å². The van der Waals surface area contributed by atoms with Crippen molar-refractivity contribution in [3.8, 4) is 5.75 Å². The van der Waals surface area contributed by atoms with Crippen LogP contribution < -0.4 is 10.1 Å². The van der Waals surface area contributed by atoms with Crippen LogP contribution in [0, 0.1) is 0 Å². The molecule has 2 aromatic heterocycles. The minimum absolute atomic E-state index is 0.662. The predicted octanol–water partition coefficient (Wildman–Crippen LogP) is 2.78. The Morgan fingerprint density at radius 1 is 1.00 bits per heavy atom. The Hall–Kier alpha value is -2.69. The lowest BCUT2D eigenvalue weighted by Gasteiger charge is -2.11. The highest BCUT2D eigenvalue weighted by Gasteiger charge is 2.07. The summed E-state index contributed by atoms with van der Waals surface area (Å²) in [7, 11) is 1.64. The van der Waals surface area contributed by atoms with Crippen molar-refractivity contribution in [1.82, 2.24) is 15.0 Å². The zero-order chi connectivity index (χ0) is 13.1. The smallest absolute Gasteiger partial charge is 0.164 e. The Morgan fingerprint density at radius 3 is 2.79 bits per heavy atom. The number of aromatic nitrogens is 3. The molecule has 0 saturated carbocycles. The molecule has 0 unspecified atom stereocenters. The van der Waals surface area contributed by atoms with Gasteiger partial charge in [-0.1, -0.05) is 12.1 Å². The molecule has 0 fully saturated rings. The Morgan fingerprint density at radius 2 is 1.89 bits per heavy atom. The van der Waals surface area contributed by atoms with Crippen molar-refractivity contribution in [3.05, 3.63) is 48.9 Å². The highest BCUT2D eigenvalue weighted by Crippen LogP contribution is 2.28. The third kappa shape index (κ3) is 2.18. The molecule has 19 heavy (non-hydrogen) atoms. The predicted molar refractivity (Wildman–Crippen MR) is 73.6 cm³/mol. The maximum Gasteiger partial charge on any atom is 0.164 e. The first-order valence-electron chi connectivity index (χ1n) is 5.84. The highest BCUT2D eigenvalue weighted by atomic mass is 16.5. The van der Waals surface area contributed by atoms with E-state index in [0.717, 1.165) is 16.8 Å². The van der Waals surface area contributed by atoms with Gasteiger partial charge in [0.25, 0.3) is 0 Å². The molecule has 5 nitrogen and oxygen atoms in total. The number of benzene rings is 1. The van der Waals surface area contributed by atoms with Crippen LogP contribution in [0.2, 0.25) is 0 Å². The van der Waals surface area contributed by atoms with Crippen molar-refractivity contribution >= 4 is 22.5 Å². The topological polar surface area (TPSA) is 59.9 Å². The van der Waals surface area contributed by atoms with Crippen LogP contribution >= 0.6 is 0 Å². The summed E-state index contributed by atoms with van der Waals surface area (Å²) in [5.41, 5.74) is 1.52. The molecule has 5 heteroatoms. The van der Waals surface area contributed by atoms with E-state index in [9.17, 15) is 0 Å². The van der Waals surface area contributed by atoms with Gasteiger partial charge in [0.05, 0.1) is 18.2 Å². The van der Waals surface area contributed by atoms with E-state index < -0.39 is 0 Å². The van der Waals surface area contributed by atoms with Crippen LogP contribution in [0.1, 0.15) is 0 Å². The van der Waals surface area contributed by atoms with Gasteiger partial charge in [0, 0.05) is 6.20 Å². The van der Waals surface area contributed by atoms with E-state index in [1.807, 2.05) is 36.4 Å². The molecule has 2 heterocycles. The molecule has 1 aromatic carbocycles. The number of hydrogen-bond acceptors (Lipinski definition) is 5. The van der Waals surface area contributed by atoms with Crippen molar-refractivity contribution in [2.75, 3.05) is 12.4 Å². The van der Waals surface area contributed by atoms with E-state index in [0.29, 0.717) is 11.5 Å². The van der Waals surface area contributed by atoms with Crippen molar-refractivity contribution in [2.45, 2.75) is 0 Å². The third-order valence-electron chi connectivity index (χ3n) is 2.77. The van der Waals surface area contributed by atoms with E-state index in [-0.39, 0.29) is 0 Å². The molecule has 0 radical (unpaired) electrons. The molecule has 94 valence electrons. The molecule has 0 aliphatic rings. The number of pyridine rings is 1. The molecular formula is C14H12N4O. The lowest BCUT2D eigenvalue weighted by atomic mass is 10.2. The van der Waals surface area contributed by atoms with Crippen LogP contribution in [0.4, 0.5) is 11.5 Å². The first kappa shape index (κ1) is 11.4. The monoisotopic (exact) mass is 252 g/mol. The summed E-state index contributed by atoms with van der Waals surface area (Å²) in [5.74, 6) is 1.47. The second-order valence-corrected chi connectivity index (χ2v) is 3.92. The fourth-order valence-electron chi connectivity index (χ4n) is 1.87. The average molecular weight is 252 g/mol. The van der Waals surface area contributed by atoms with Gasteiger partial charge < -0.3 is 10.1 Å². The summed E-state index contributed by atoms with van der Waals surface area (Å²) >= 11 is 0. The Kier molecular flexibility index (Phi) is 2.94. The molecule has 0 spiro atoms. The maximum atomic E-state index is 5.31. The Balaban J connectivity index is 2.06. The van der Waals surface area contributed by atoms with Crippen LogP contribution in [0.3, 0.4) is 0 Å². The van der Waals surface area contributed by atoms with Crippen LogP contribution in [0.25, 0.3) is 11.0 Å². The minimum atomic E-state index is 0.662. The lowest BCUT2D eigenvalue weighted by molar-refractivity contribution is 0.417. The number of fused-ring (bicyclic) bond motifs is 1. The van der Waals surface area contributed by atoms with Crippen LogP contribution in [-0.4, -0.2) is 22.1 Å². The van der Waals surface area contributed by atoms with E-state index in [1.54, 1.807) is 13.3 Å². The zero-order valence-corrected chi connectivity index (χ0v) is 10.4. The second kappa shape index (κ2) is 4.89. The number of anilines is 2. The fourth-order valence-corrected chi connectivity index (χ4v) is 1.87. The minimum Gasteiger partial charge on any atom is -0.495 e. The SMILES string of the molecule is COc1ccccc1Nc1ncnc2ncccc12. The summed E-state index contributed by atoms with van der Waals surface area (Å²) in [6.45, 7) is 0. The molecule has 0 aliphatic carbocycles. The summed E-state index contributed by atoms with van der Waals surface area (Å²) in [6.07, 6.45) is 3.20. The summed E-state index contributed by atoms with van der Waals surface area (Å²) in [6, 6.07) is 11.5. The molecule has 0 amide bonds. The standard InChI is InChI=1S/C14H12N4O/c1-19-12-7-3-2-6-11(12)18-14-10-5-4-8-15-13(10)16-9-17-14/h2-9H,1H3,(H,15,16,17,18). The summed E-state index contributed by atoms with van der Waals surface area (Å²) in [5, 5.41) is 4.12. The van der Waals surface area contributed by atoms with Gasteiger partial charge in [-0.3, -0.25) is 0 Å². The number of methoxy groups -OCH3 is 1. The van der Waals surface area contributed by atoms with Crippen molar-refractivity contribution in [1.29, 1.82) is 0 Å². The number of para-hydroxylation sites is 2. The number of rotatable bonds is 3. The van der Waals surface area contributed by atoms with E-state index in [2.05, 4.69) is 20.3 Å². The van der Waals surface area contributed by atoms with Crippen molar-refractivity contribution in [3.63, 3.8) is 0 Å². The van der Waals surface area contributed by atoms with Gasteiger partial charge in [-0.25, -0.2) is 15.0 Å². The molecule has 0 bridgehead atoms. The fraction of sp³-hybridized carbons (Fsp3) is 0.0714. The number of nitrogens with zero attached hydrogens (tertiary/aromatic N) is 3. The maximum absolute atomic E-state index is 5.31. The normalized spacial score (nSPS) is 10.4. The van der Waals surface area contributed by atoms with Crippen LogP contribution in [-0.2, 0) is 0 Å². The van der Waals surface area contributed by atoms with E-state index >= 15 is 0 Å². The number of ether oxygens (including phenoxy) is 1. The third-order valence-corrected chi connectivity index (χ3v) is 2.77. The average Bonchev–Trinajstić information content (AvgIpc) is 2.48. The van der Waals surface area contributed by atoms with Crippen molar-refractivity contribution < 1.29 is 4.74 Å². The van der Waals surface area contributed by atoms with Gasteiger partial charge in [0.15, 0.2) is 5.65 Å². The quantitative estimate of drug-likeness (QED) is 0.776. The molecule has 3 rings (SSSR count). The molecular weight excluding hydrogens is 240 g/mol. The molecule has 1 N–H and O–H groups in total. The summed E-state index contributed by atoms with van der Waals surface area (Å²) < 4.78 is 5.31. The highest BCUT2D eigenvalue weighted by molar-refractivity contribution is 5.88. The first-order chi connectivity index (χ1) is 9.38. The molecule has 0 saturated heterocycles. The summed E-state index contributed by atoms with van der Waals surface area (Å²) in [4.78, 5) is 12.6. The van der Waals surface area contributed by atoms with E-state index in [1.165, 1.54) is 6.33 Å². The van der Waals surface area contributed by atoms with Crippen LogP contribution in [0.5, 0.6) is 5.75 Å². The van der Waals surface area contributed by atoms with Gasteiger partial charge in [-0.05, 0) is 24.3 Å². The molecule has 3 aromatic rings. The number of hydrogen-bond donors (Lipinski definition) is 1. The van der Waals surface area contributed by atoms with Gasteiger partial charge in [-0.2, -0.15) is 0 Å². The van der Waals surface area contributed by atoms with Crippen LogP contribution in [0.15, 0.2) is 48.9 Å². The van der Waals surface area contributed by atoms with Gasteiger partial charge in [-0.15, -0.1) is 0 Å². The van der Waals surface area contributed by atoms with Crippen molar-refractivity contribution in [2.24, 2.45) is 0 Å².